The average Bonchev–Trinajstić information content (AvgIpc) is 2.37. The van der Waals surface area contributed by atoms with Gasteiger partial charge in [0.15, 0.2) is 0 Å². The number of H-pyrrole nitrogens is 1. The minimum atomic E-state index is -0.0777. The van der Waals surface area contributed by atoms with Crippen LogP contribution in [-0.2, 0) is 6.54 Å². The van der Waals surface area contributed by atoms with Gasteiger partial charge in [-0.15, -0.1) is 0 Å². The van der Waals surface area contributed by atoms with E-state index in [-0.39, 0.29) is 11.6 Å². The first-order valence-corrected chi connectivity index (χ1v) is 6.90. The number of aromatic nitrogens is 2. The third-order valence-corrected chi connectivity index (χ3v) is 3.47. The highest BCUT2D eigenvalue weighted by Crippen LogP contribution is 2.13. The standard InChI is InChI=1S/C15H18ClN3O/c1-9(14-10(2)18-11(3)19-15(14)20)17-8-12-4-6-13(16)7-5-12/h4-7,9,17H,8H2,1-3H3,(H,18,19,20). The highest BCUT2D eigenvalue weighted by atomic mass is 35.5. The summed E-state index contributed by atoms with van der Waals surface area (Å²) in [7, 11) is 0. The van der Waals surface area contributed by atoms with Gasteiger partial charge < -0.3 is 10.3 Å². The predicted octanol–water partition coefficient (Wildman–Crippen LogP) is 2.89. The van der Waals surface area contributed by atoms with Crippen LogP contribution in [0.25, 0.3) is 0 Å². The molecule has 1 heterocycles. The number of aryl methyl sites for hydroxylation is 2. The number of hydrogen-bond acceptors (Lipinski definition) is 3. The molecule has 5 heteroatoms. The van der Waals surface area contributed by atoms with E-state index in [1.54, 1.807) is 6.92 Å². The summed E-state index contributed by atoms with van der Waals surface area (Å²) in [5.74, 6) is 0.640. The Balaban J connectivity index is 2.11. The van der Waals surface area contributed by atoms with Gasteiger partial charge in [0, 0.05) is 23.3 Å². The molecular weight excluding hydrogens is 274 g/mol. The first-order valence-electron chi connectivity index (χ1n) is 6.52. The van der Waals surface area contributed by atoms with Crippen LogP contribution in [0.4, 0.5) is 0 Å². The Hall–Kier alpha value is -1.65. The van der Waals surface area contributed by atoms with Crippen LogP contribution in [0, 0.1) is 13.8 Å². The molecule has 0 aliphatic rings. The van der Waals surface area contributed by atoms with Crippen LogP contribution < -0.4 is 10.9 Å². The van der Waals surface area contributed by atoms with Crippen molar-refractivity contribution in [3.63, 3.8) is 0 Å². The summed E-state index contributed by atoms with van der Waals surface area (Å²) in [6, 6.07) is 7.57. The van der Waals surface area contributed by atoms with Gasteiger partial charge in [-0.1, -0.05) is 23.7 Å². The highest BCUT2D eigenvalue weighted by molar-refractivity contribution is 6.30. The average molecular weight is 292 g/mol. The first kappa shape index (κ1) is 14.8. The number of nitrogens with zero attached hydrogens (tertiary/aromatic N) is 1. The van der Waals surface area contributed by atoms with Gasteiger partial charge in [0.2, 0.25) is 0 Å². The van der Waals surface area contributed by atoms with Crippen LogP contribution in [0.1, 0.15) is 35.6 Å². The third-order valence-electron chi connectivity index (χ3n) is 3.22. The first-order chi connectivity index (χ1) is 9.47. The summed E-state index contributed by atoms with van der Waals surface area (Å²) in [5, 5.41) is 4.05. The summed E-state index contributed by atoms with van der Waals surface area (Å²) < 4.78 is 0. The third kappa shape index (κ3) is 3.46. The Bertz CT molecular complexity index is 649. The lowest BCUT2D eigenvalue weighted by Gasteiger charge is -2.15. The summed E-state index contributed by atoms with van der Waals surface area (Å²) >= 11 is 5.85. The van der Waals surface area contributed by atoms with Gasteiger partial charge in [-0.2, -0.15) is 0 Å². The van der Waals surface area contributed by atoms with Gasteiger partial charge in [-0.25, -0.2) is 4.98 Å². The molecule has 0 radical (unpaired) electrons. The number of benzene rings is 1. The molecule has 106 valence electrons. The lowest BCUT2D eigenvalue weighted by atomic mass is 10.1. The van der Waals surface area contributed by atoms with Crippen LogP contribution in [-0.4, -0.2) is 9.97 Å². The number of nitrogens with one attached hydrogen (secondary N) is 2. The molecule has 0 aliphatic carbocycles. The van der Waals surface area contributed by atoms with Crippen molar-refractivity contribution in [2.24, 2.45) is 0 Å². The molecule has 2 aromatic rings. The molecule has 0 aliphatic heterocycles. The molecule has 0 fully saturated rings. The van der Waals surface area contributed by atoms with Gasteiger partial charge in [-0.3, -0.25) is 4.79 Å². The Morgan fingerprint density at radius 1 is 1.30 bits per heavy atom. The van der Waals surface area contributed by atoms with Crippen molar-refractivity contribution in [1.82, 2.24) is 15.3 Å². The quantitative estimate of drug-likeness (QED) is 0.911. The minimum Gasteiger partial charge on any atom is -0.310 e. The maximum absolute atomic E-state index is 12.0. The zero-order valence-corrected chi connectivity index (χ0v) is 12.6. The van der Waals surface area contributed by atoms with Crippen molar-refractivity contribution >= 4 is 11.6 Å². The fourth-order valence-electron chi connectivity index (χ4n) is 2.22. The minimum absolute atomic E-state index is 0.0671. The van der Waals surface area contributed by atoms with Gasteiger partial charge in [0.1, 0.15) is 5.82 Å². The molecular formula is C15H18ClN3O. The second-order valence-corrected chi connectivity index (χ2v) is 5.32. The number of aromatic amines is 1. The Morgan fingerprint density at radius 2 is 1.95 bits per heavy atom. The number of rotatable bonds is 4. The van der Waals surface area contributed by atoms with E-state index in [4.69, 9.17) is 11.6 Å². The van der Waals surface area contributed by atoms with Crippen LogP contribution in [0.5, 0.6) is 0 Å². The summed E-state index contributed by atoms with van der Waals surface area (Å²) in [4.78, 5) is 19.1. The Morgan fingerprint density at radius 3 is 2.55 bits per heavy atom. The monoisotopic (exact) mass is 291 g/mol. The zero-order valence-electron chi connectivity index (χ0n) is 11.8. The smallest absolute Gasteiger partial charge is 0.255 e. The molecule has 0 bridgehead atoms. The lowest BCUT2D eigenvalue weighted by molar-refractivity contribution is 0.562. The van der Waals surface area contributed by atoms with Crippen molar-refractivity contribution in [2.45, 2.75) is 33.4 Å². The van der Waals surface area contributed by atoms with E-state index in [1.807, 2.05) is 38.1 Å². The molecule has 1 aromatic carbocycles. The van der Waals surface area contributed by atoms with Crippen molar-refractivity contribution in [3.8, 4) is 0 Å². The van der Waals surface area contributed by atoms with E-state index >= 15 is 0 Å². The van der Waals surface area contributed by atoms with Crippen LogP contribution in [0.3, 0.4) is 0 Å². The Labute approximate surface area is 123 Å². The van der Waals surface area contributed by atoms with Crippen molar-refractivity contribution < 1.29 is 0 Å². The fraction of sp³-hybridized carbons (Fsp3) is 0.333. The SMILES string of the molecule is Cc1nc(C)c(C(C)NCc2ccc(Cl)cc2)c(=O)[nH]1. The Kier molecular flexibility index (Phi) is 4.57. The van der Waals surface area contributed by atoms with Crippen molar-refractivity contribution in [2.75, 3.05) is 0 Å². The van der Waals surface area contributed by atoms with E-state index in [0.717, 1.165) is 16.3 Å². The van der Waals surface area contributed by atoms with E-state index in [2.05, 4.69) is 15.3 Å². The van der Waals surface area contributed by atoms with Crippen molar-refractivity contribution in [3.05, 3.63) is 62.3 Å². The molecule has 1 atom stereocenters. The summed E-state index contributed by atoms with van der Waals surface area (Å²) in [6.07, 6.45) is 0. The zero-order chi connectivity index (χ0) is 14.7. The maximum Gasteiger partial charge on any atom is 0.255 e. The normalized spacial score (nSPS) is 12.4. The molecule has 0 saturated carbocycles. The van der Waals surface area contributed by atoms with E-state index in [1.165, 1.54) is 0 Å². The van der Waals surface area contributed by atoms with Crippen LogP contribution >= 0.6 is 11.6 Å². The molecule has 0 saturated heterocycles. The van der Waals surface area contributed by atoms with E-state index in [9.17, 15) is 4.79 Å². The van der Waals surface area contributed by atoms with E-state index < -0.39 is 0 Å². The molecule has 2 N–H and O–H groups in total. The van der Waals surface area contributed by atoms with Gasteiger partial charge >= 0.3 is 0 Å². The largest absolute Gasteiger partial charge is 0.310 e. The maximum atomic E-state index is 12.0. The number of halogens is 1. The van der Waals surface area contributed by atoms with Crippen LogP contribution in [0.2, 0.25) is 5.02 Å². The molecule has 0 spiro atoms. The second kappa shape index (κ2) is 6.20. The molecule has 1 aromatic heterocycles. The summed E-state index contributed by atoms with van der Waals surface area (Å²) in [6.45, 7) is 6.28. The van der Waals surface area contributed by atoms with E-state index in [0.29, 0.717) is 17.9 Å². The van der Waals surface area contributed by atoms with Gasteiger partial charge in [-0.05, 0) is 38.5 Å². The lowest BCUT2D eigenvalue weighted by Crippen LogP contribution is -2.27. The van der Waals surface area contributed by atoms with Gasteiger partial charge in [0.05, 0.1) is 5.56 Å². The van der Waals surface area contributed by atoms with Gasteiger partial charge in [0.25, 0.3) is 5.56 Å². The number of hydrogen-bond donors (Lipinski definition) is 2. The second-order valence-electron chi connectivity index (χ2n) is 4.88. The molecule has 4 nitrogen and oxygen atoms in total. The summed E-state index contributed by atoms with van der Waals surface area (Å²) in [5.41, 5.74) is 2.49. The molecule has 1 unspecified atom stereocenters. The fourth-order valence-corrected chi connectivity index (χ4v) is 2.35. The van der Waals surface area contributed by atoms with Crippen molar-refractivity contribution in [1.29, 1.82) is 0 Å². The molecule has 0 amide bonds. The highest BCUT2D eigenvalue weighted by Gasteiger charge is 2.14. The molecule has 2 rings (SSSR count). The predicted molar refractivity (Wildman–Crippen MR) is 81.0 cm³/mol. The topological polar surface area (TPSA) is 57.8 Å². The molecule has 20 heavy (non-hydrogen) atoms. The van der Waals surface area contributed by atoms with Crippen LogP contribution in [0.15, 0.2) is 29.1 Å².